The highest BCUT2D eigenvalue weighted by molar-refractivity contribution is 7.99. The molecule has 1 N–H and O–H groups in total. The van der Waals surface area contributed by atoms with Crippen molar-refractivity contribution < 1.29 is 14.7 Å². The predicted octanol–water partition coefficient (Wildman–Crippen LogP) is 3.69. The molecule has 176 valence electrons. The third-order valence-corrected chi connectivity index (χ3v) is 7.50. The fraction of sp³-hybridized carbons (Fsp3) is 0.542. The third-order valence-electron chi connectivity index (χ3n) is 6.30. The first-order chi connectivity index (χ1) is 16.0. The van der Waals surface area contributed by atoms with Crippen LogP contribution in [0.3, 0.4) is 0 Å². The van der Waals surface area contributed by atoms with Crippen molar-refractivity contribution in [1.82, 2.24) is 19.9 Å². The van der Waals surface area contributed by atoms with Crippen LogP contribution in [0.4, 0.5) is 5.82 Å². The zero-order valence-corrected chi connectivity index (χ0v) is 19.8. The molecule has 1 amide bonds. The number of nitrogens with zero attached hydrogens (tertiary/aromatic N) is 5. The summed E-state index contributed by atoms with van der Waals surface area (Å²) < 4.78 is 0. The summed E-state index contributed by atoms with van der Waals surface area (Å²) in [7, 11) is 0. The summed E-state index contributed by atoms with van der Waals surface area (Å²) in [5.41, 5.74) is 1.58. The molecule has 2 aliphatic heterocycles. The van der Waals surface area contributed by atoms with Gasteiger partial charge in [0.2, 0.25) is 0 Å². The number of aromatic nitrogens is 3. The minimum Gasteiger partial charge on any atom is -0.481 e. The SMILES string of the molecule is CCCSc1nc(N2CCCC(CC(=O)O)C2)ccc1C(=O)N1CCC(c2cnccn2)C1. The Morgan fingerprint density at radius 3 is 2.82 bits per heavy atom. The number of hydrogen-bond donors (Lipinski definition) is 1. The van der Waals surface area contributed by atoms with Crippen LogP contribution in [0.15, 0.2) is 35.7 Å². The van der Waals surface area contributed by atoms with Crippen molar-refractivity contribution in [3.63, 3.8) is 0 Å². The molecule has 0 spiro atoms. The van der Waals surface area contributed by atoms with Crippen molar-refractivity contribution in [2.75, 3.05) is 36.8 Å². The lowest BCUT2D eigenvalue weighted by Gasteiger charge is -2.33. The predicted molar refractivity (Wildman–Crippen MR) is 128 cm³/mol. The Hall–Kier alpha value is -2.68. The maximum atomic E-state index is 13.4. The molecule has 8 nitrogen and oxygen atoms in total. The number of carbonyl (C=O) groups is 2. The van der Waals surface area contributed by atoms with Crippen molar-refractivity contribution in [2.24, 2.45) is 5.92 Å². The van der Waals surface area contributed by atoms with Crippen LogP contribution in [0.5, 0.6) is 0 Å². The van der Waals surface area contributed by atoms with Crippen molar-refractivity contribution in [3.8, 4) is 0 Å². The lowest BCUT2D eigenvalue weighted by Crippen LogP contribution is -2.37. The van der Waals surface area contributed by atoms with E-state index in [1.165, 1.54) is 0 Å². The van der Waals surface area contributed by atoms with E-state index in [4.69, 9.17) is 10.1 Å². The van der Waals surface area contributed by atoms with E-state index in [2.05, 4.69) is 21.8 Å². The molecule has 2 atom stereocenters. The van der Waals surface area contributed by atoms with Gasteiger partial charge in [-0.15, -0.1) is 11.8 Å². The molecule has 4 rings (SSSR count). The minimum absolute atomic E-state index is 0.0152. The Morgan fingerprint density at radius 2 is 2.06 bits per heavy atom. The van der Waals surface area contributed by atoms with Crippen molar-refractivity contribution in [2.45, 2.75) is 50.0 Å². The lowest BCUT2D eigenvalue weighted by atomic mass is 9.95. The first-order valence-corrected chi connectivity index (χ1v) is 12.7. The number of carbonyl (C=O) groups excluding carboxylic acids is 1. The monoisotopic (exact) mass is 469 g/mol. The molecule has 2 saturated heterocycles. The van der Waals surface area contributed by atoms with Gasteiger partial charge in [0, 0.05) is 57.1 Å². The van der Waals surface area contributed by atoms with Gasteiger partial charge in [0.1, 0.15) is 10.8 Å². The number of likely N-dealkylation sites (tertiary alicyclic amines) is 1. The molecule has 0 bridgehead atoms. The second-order valence-corrected chi connectivity index (χ2v) is 9.87. The molecule has 0 aromatic carbocycles. The summed E-state index contributed by atoms with van der Waals surface area (Å²) >= 11 is 1.62. The molecule has 2 unspecified atom stereocenters. The molecular weight excluding hydrogens is 438 g/mol. The van der Waals surface area contributed by atoms with Crippen LogP contribution in [0.25, 0.3) is 0 Å². The molecule has 0 radical (unpaired) electrons. The van der Waals surface area contributed by atoms with E-state index in [9.17, 15) is 9.59 Å². The number of aliphatic carboxylic acids is 1. The van der Waals surface area contributed by atoms with Crippen LogP contribution in [0.2, 0.25) is 0 Å². The number of anilines is 1. The van der Waals surface area contributed by atoms with E-state index in [0.717, 1.165) is 54.5 Å². The standard InChI is InChI=1S/C24H31N5O3S/c1-2-12-33-23-19(24(32)29-11-7-18(16-29)20-14-25-8-9-26-20)5-6-21(27-23)28-10-3-4-17(15-28)13-22(30)31/h5-6,8-9,14,17-18H,2-4,7,10-13,15-16H2,1H3,(H,30,31). The number of piperidine rings is 1. The number of amides is 1. The van der Waals surface area contributed by atoms with Gasteiger partial charge >= 0.3 is 5.97 Å². The van der Waals surface area contributed by atoms with Gasteiger partial charge in [-0.25, -0.2) is 4.98 Å². The smallest absolute Gasteiger partial charge is 0.303 e. The van der Waals surface area contributed by atoms with E-state index >= 15 is 0 Å². The number of hydrogen-bond acceptors (Lipinski definition) is 7. The van der Waals surface area contributed by atoms with Gasteiger partial charge in [-0.05, 0) is 49.5 Å². The zero-order valence-electron chi connectivity index (χ0n) is 19.0. The summed E-state index contributed by atoms with van der Waals surface area (Å²) in [5.74, 6) is 1.33. The quantitative estimate of drug-likeness (QED) is 0.585. The lowest BCUT2D eigenvalue weighted by molar-refractivity contribution is -0.138. The number of rotatable bonds is 8. The Morgan fingerprint density at radius 1 is 1.18 bits per heavy atom. The molecule has 2 aromatic rings. The minimum atomic E-state index is -0.750. The number of carboxylic acid groups (broad SMARTS) is 1. The van der Waals surface area contributed by atoms with Gasteiger partial charge in [0.05, 0.1) is 11.3 Å². The van der Waals surface area contributed by atoms with Gasteiger partial charge in [0.25, 0.3) is 5.91 Å². The van der Waals surface area contributed by atoms with Gasteiger partial charge in [-0.3, -0.25) is 19.6 Å². The second-order valence-electron chi connectivity index (χ2n) is 8.79. The van der Waals surface area contributed by atoms with Gasteiger partial charge in [-0.1, -0.05) is 6.92 Å². The number of pyridine rings is 1. The average molecular weight is 470 g/mol. The van der Waals surface area contributed by atoms with Crippen molar-refractivity contribution in [3.05, 3.63) is 42.0 Å². The molecule has 9 heteroatoms. The number of thioether (sulfide) groups is 1. The summed E-state index contributed by atoms with van der Waals surface area (Å²) in [6.07, 6.45) is 9.09. The number of carboxylic acids is 1. The Balaban J connectivity index is 1.50. The first-order valence-electron chi connectivity index (χ1n) is 11.7. The topological polar surface area (TPSA) is 99.5 Å². The van der Waals surface area contributed by atoms with Gasteiger partial charge in [-0.2, -0.15) is 0 Å². The van der Waals surface area contributed by atoms with E-state index in [1.54, 1.807) is 30.4 Å². The van der Waals surface area contributed by atoms with E-state index < -0.39 is 5.97 Å². The third kappa shape index (κ3) is 5.82. The van der Waals surface area contributed by atoms with Crippen LogP contribution in [0, 0.1) is 5.92 Å². The van der Waals surface area contributed by atoms with Crippen LogP contribution in [-0.2, 0) is 4.79 Å². The molecule has 0 aliphatic carbocycles. The fourth-order valence-corrected chi connectivity index (χ4v) is 5.51. The summed E-state index contributed by atoms with van der Waals surface area (Å²) in [6.45, 7) is 5.00. The summed E-state index contributed by atoms with van der Waals surface area (Å²) in [6, 6.07) is 3.82. The Labute approximate surface area is 198 Å². The van der Waals surface area contributed by atoms with E-state index in [0.29, 0.717) is 25.2 Å². The second kappa shape index (κ2) is 11.0. The van der Waals surface area contributed by atoms with E-state index in [1.807, 2.05) is 17.0 Å². The molecule has 2 fully saturated rings. The van der Waals surface area contributed by atoms with Gasteiger partial charge < -0.3 is 14.9 Å². The summed E-state index contributed by atoms with van der Waals surface area (Å²) in [5, 5.41) is 9.94. The van der Waals surface area contributed by atoms with Gasteiger partial charge in [0.15, 0.2) is 0 Å². The fourth-order valence-electron chi connectivity index (χ4n) is 4.64. The largest absolute Gasteiger partial charge is 0.481 e. The van der Waals surface area contributed by atoms with Crippen LogP contribution in [0.1, 0.15) is 61.0 Å². The highest BCUT2D eigenvalue weighted by atomic mass is 32.2. The molecule has 2 aromatic heterocycles. The average Bonchev–Trinajstić information content (AvgIpc) is 3.33. The molecule has 2 aliphatic rings. The molecule has 4 heterocycles. The Kier molecular flexibility index (Phi) is 7.80. The highest BCUT2D eigenvalue weighted by Crippen LogP contribution is 2.31. The van der Waals surface area contributed by atoms with E-state index in [-0.39, 0.29) is 24.2 Å². The molecular formula is C24H31N5O3S. The van der Waals surface area contributed by atoms with Crippen molar-refractivity contribution in [1.29, 1.82) is 0 Å². The van der Waals surface area contributed by atoms with Crippen LogP contribution in [-0.4, -0.2) is 68.8 Å². The maximum Gasteiger partial charge on any atom is 0.303 e. The van der Waals surface area contributed by atoms with Crippen molar-refractivity contribution >= 4 is 29.5 Å². The summed E-state index contributed by atoms with van der Waals surface area (Å²) in [4.78, 5) is 42.1. The first kappa shape index (κ1) is 23.5. The Bertz CT molecular complexity index is 974. The zero-order chi connectivity index (χ0) is 23.2. The molecule has 0 saturated carbocycles. The van der Waals surface area contributed by atoms with Crippen LogP contribution >= 0.6 is 11.8 Å². The maximum absolute atomic E-state index is 13.4. The van der Waals surface area contributed by atoms with Crippen LogP contribution < -0.4 is 4.90 Å². The normalized spacial score (nSPS) is 20.8. The molecule has 33 heavy (non-hydrogen) atoms. The highest BCUT2D eigenvalue weighted by Gasteiger charge is 2.31.